The molecule has 0 radical (unpaired) electrons. The molecule has 0 spiro atoms. The molecule has 27 heavy (non-hydrogen) atoms. The summed E-state index contributed by atoms with van der Waals surface area (Å²) in [6, 6.07) is 10.8. The molecule has 1 aromatic carbocycles. The van der Waals surface area contributed by atoms with Crippen molar-refractivity contribution in [1.29, 1.82) is 0 Å². The molecule has 0 aliphatic carbocycles. The fourth-order valence-electron chi connectivity index (χ4n) is 2.55. The second kappa shape index (κ2) is 10.3. The van der Waals surface area contributed by atoms with Gasteiger partial charge >= 0.3 is 5.97 Å². The third-order valence-corrected chi connectivity index (χ3v) is 3.75. The van der Waals surface area contributed by atoms with Gasteiger partial charge < -0.3 is 14.4 Å². The molecule has 0 saturated heterocycles. The number of pyridine rings is 1. The summed E-state index contributed by atoms with van der Waals surface area (Å²) < 4.78 is 10.6. The summed E-state index contributed by atoms with van der Waals surface area (Å²) in [7, 11) is 0. The highest BCUT2D eigenvalue weighted by atomic mass is 16.5. The van der Waals surface area contributed by atoms with E-state index in [4.69, 9.17) is 9.47 Å². The molecule has 2 aromatic rings. The van der Waals surface area contributed by atoms with Crippen LogP contribution in [0, 0.1) is 0 Å². The van der Waals surface area contributed by atoms with E-state index in [1.54, 1.807) is 48.5 Å². The predicted octanol–water partition coefficient (Wildman–Crippen LogP) is 3.46. The van der Waals surface area contributed by atoms with Gasteiger partial charge in [0.2, 0.25) is 0 Å². The second-order valence-electron chi connectivity index (χ2n) is 6.33. The number of carbonyl (C=O) groups is 2. The molecule has 0 fully saturated rings. The van der Waals surface area contributed by atoms with Crippen molar-refractivity contribution in [3.05, 3.63) is 59.9 Å². The van der Waals surface area contributed by atoms with Crippen LogP contribution >= 0.6 is 0 Å². The lowest BCUT2D eigenvalue weighted by Crippen LogP contribution is -2.33. The van der Waals surface area contributed by atoms with Crippen molar-refractivity contribution < 1.29 is 19.1 Å². The van der Waals surface area contributed by atoms with E-state index in [9.17, 15) is 9.59 Å². The number of amides is 1. The lowest BCUT2D eigenvalue weighted by molar-refractivity contribution is -0.143. The summed E-state index contributed by atoms with van der Waals surface area (Å²) in [4.78, 5) is 30.4. The van der Waals surface area contributed by atoms with Gasteiger partial charge in [-0.2, -0.15) is 0 Å². The zero-order valence-corrected chi connectivity index (χ0v) is 16.1. The molecule has 6 heteroatoms. The van der Waals surface area contributed by atoms with E-state index in [-0.39, 0.29) is 30.9 Å². The molecule has 0 saturated carbocycles. The van der Waals surface area contributed by atoms with E-state index in [0.717, 1.165) is 5.56 Å². The number of hydrogen-bond acceptors (Lipinski definition) is 5. The molecule has 1 amide bonds. The number of rotatable bonds is 9. The summed E-state index contributed by atoms with van der Waals surface area (Å²) in [6.07, 6.45) is 3.61. The van der Waals surface area contributed by atoms with Crippen molar-refractivity contribution in [3.63, 3.8) is 0 Å². The first-order valence-corrected chi connectivity index (χ1v) is 9.10. The SMILES string of the molecule is CCOC(=O)CCN(Cc1cccnc1)C(=O)c1ccc(OC(C)C)cc1. The molecule has 0 N–H and O–H groups in total. The quantitative estimate of drug-likeness (QED) is 0.632. The maximum Gasteiger partial charge on any atom is 0.307 e. The van der Waals surface area contributed by atoms with Gasteiger partial charge in [0.15, 0.2) is 0 Å². The monoisotopic (exact) mass is 370 g/mol. The fourth-order valence-corrected chi connectivity index (χ4v) is 2.55. The Bertz CT molecular complexity index is 730. The van der Waals surface area contributed by atoms with Crippen molar-refractivity contribution in [2.75, 3.05) is 13.2 Å². The van der Waals surface area contributed by atoms with Crippen LogP contribution in [0.25, 0.3) is 0 Å². The Kier molecular flexibility index (Phi) is 7.79. The molecule has 144 valence electrons. The second-order valence-corrected chi connectivity index (χ2v) is 6.33. The number of esters is 1. The van der Waals surface area contributed by atoms with E-state index < -0.39 is 0 Å². The Morgan fingerprint density at radius 1 is 1.15 bits per heavy atom. The number of benzene rings is 1. The Labute approximate surface area is 160 Å². The molecule has 1 heterocycles. The zero-order chi connectivity index (χ0) is 19.6. The van der Waals surface area contributed by atoms with Gasteiger partial charge in [-0.1, -0.05) is 6.07 Å². The third-order valence-electron chi connectivity index (χ3n) is 3.75. The van der Waals surface area contributed by atoms with Crippen LogP contribution < -0.4 is 4.74 Å². The normalized spacial score (nSPS) is 10.5. The van der Waals surface area contributed by atoms with Gasteiger partial charge in [0, 0.05) is 31.0 Å². The Morgan fingerprint density at radius 3 is 2.48 bits per heavy atom. The molecular weight excluding hydrogens is 344 g/mol. The van der Waals surface area contributed by atoms with Crippen molar-refractivity contribution in [2.24, 2.45) is 0 Å². The van der Waals surface area contributed by atoms with Gasteiger partial charge in [-0.3, -0.25) is 14.6 Å². The largest absolute Gasteiger partial charge is 0.491 e. The first-order chi connectivity index (χ1) is 13.0. The van der Waals surface area contributed by atoms with Crippen LogP contribution in [0.2, 0.25) is 0 Å². The first-order valence-electron chi connectivity index (χ1n) is 9.10. The van der Waals surface area contributed by atoms with Crippen molar-refractivity contribution >= 4 is 11.9 Å². The van der Waals surface area contributed by atoms with Gasteiger partial charge in [-0.15, -0.1) is 0 Å². The predicted molar refractivity (Wildman–Crippen MR) is 102 cm³/mol. The minimum Gasteiger partial charge on any atom is -0.491 e. The van der Waals surface area contributed by atoms with E-state index >= 15 is 0 Å². The maximum atomic E-state index is 13.0. The first kappa shape index (κ1) is 20.4. The average molecular weight is 370 g/mol. The van der Waals surface area contributed by atoms with Crippen molar-refractivity contribution in [2.45, 2.75) is 39.8 Å². The average Bonchev–Trinajstić information content (AvgIpc) is 2.66. The van der Waals surface area contributed by atoms with Gasteiger partial charge in [0.1, 0.15) is 5.75 Å². The zero-order valence-electron chi connectivity index (χ0n) is 16.1. The lowest BCUT2D eigenvalue weighted by Gasteiger charge is -2.22. The van der Waals surface area contributed by atoms with Crippen LogP contribution in [0.1, 0.15) is 43.1 Å². The molecule has 6 nitrogen and oxygen atoms in total. The van der Waals surface area contributed by atoms with E-state index in [0.29, 0.717) is 24.5 Å². The van der Waals surface area contributed by atoms with Gasteiger partial charge in [0.25, 0.3) is 5.91 Å². The van der Waals surface area contributed by atoms with Crippen LogP contribution in [-0.4, -0.2) is 41.0 Å². The maximum absolute atomic E-state index is 13.0. The molecule has 0 atom stereocenters. The molecule has 0 bridgehead atoms. The molecule has 0 aliphatic rings. The summed E-state index contributed by atoms with van der Waals surface area (Å²) in [5.74, 6) is 0.244. The van der Waals surface area contributed by atoms with Crippen LogP contribution in [-0.2, 0) is 16.1 Å². The Morgan fingerprint density at radius 2 is 1.89 bits per heavy atom. The summed E-state index contributed by atoms with van der Waals surface area (Å²) in [5, 5.41) is 0. The molecule has 1 aromatic heterocycles. The van der Waals surface area contributed by atoms with Gasteiger partial charge in [0.05, 0.1) is 19.1 Å². The molecular formula is C21H26N2O4. The standard InChI is InChI=1S/C21H26N2O4/c1-4-26-20(24)11-13-23(15-17-6-5-12-22-14-17)21(25)18-7-9-19(10-8-18)27-16(2)3/h5-10,12,14,16H,4,11,13,15H2,1-3H3. The number of nitrogens with zero attached hydrogens (tertiary/aromatic N) is 2. The van der Waals surface area contributed by atoms with E-state index in [1.165, 1.54) is 0 Å². The van der Waals surface area contributed by atoms with Gasteiger partial charge in [-0.25, -0.2) is 0 Å². The van der Waals surface area contributed by atoms with Crippen LogP contribution in [0.5, 0.6) is 5.75 Å². The summed E-state index contributed by atoms with van der Waals surface area (Å²) >= 11 is 0. The van der Waals surface area contributed by atoms with E-state index in [1.807, 2.05) is 26.0 Å². The number of aromatic nitrogens is 1. The number of ether oxygens (including phenoxy) is 2. The third kappa shape index (κ3) is 6.73. The van der Waals surface area contributed by atoms with Crippen LogP contribution in [0.3, 0.4) is 0 Å². The highest BCUT2D eigenvalue weighted by Crippen LogP contribution is 2.16. The topological polar surface area (TPSA) is 68.7 Å². The fraction of sp³-hybridized carbons (Fsp3) is 0.381. The lowest BCUT2D eigenvalue weighted by atomic mass is 10.1. The highest BCUT2D eigenvalue weighted by molar-refractivity contribution is 5.94. The van der Waals surface area contributed by atoms with E-state index in [2.05, 4.69) is 4.98 Å². The molecule has 2 rings (SSSR count). The highest BCUT2D eigenvalue weighted by Gasteiger charge is 2.18. The Hall–Kier alpha value is -2.89. The molecule has 0 aliphatic heterocycles. The summed E-state index contributed by atoms with van der Waals surface area (Å²) in [5.41, 5.74) is 1.44. The van der Waals surface area contributed by atoms with Crippen LogP contribution in [0.4, 0.5) is 0 Å². The minimum atomic E-state index is -0.317. The number of carbonyl (C=O) groups excluding carboxylic acids is 2. The number of hydrogen-bond donors (Lipinski definition) is 0. The van der Waals surface area contributed by atoms with Crippen molar-refractivity contribution in [1.82, 2.24) is 9.88 Å². The summed E-state index contributed by atoms with van der Waals surface area (Å²) in [6.45, 7) is 6.63. The molecule has 0 unspecified atom stereocenters. The van der Waals surface area contributed by atoms with Crippen molar-refractivity contribution in [3.8, 4) is 5.75 Å². The van der Waals surface area contributed by atoms with Crippen LogP contribution in [0.15, 0.2) is 48.8 Å². The van der Waals surface area contributed by atoms with Gasteiger partial charge in [-0.05, 0) is 56.7 Å². The smallest absolute Gasteiger partial charge is 0.307 e. The minimum absolute atomic E-state index is 0.0678. The Balaban J connectivity index is 2.12.